The highest BCUT2D eigenvalue weighted by Crippen LogP contribution is 2.27. The molecule has 0 spiro atoms. The molecule has 0 fully saturated rings. The van der Waals surface area contributed by atoms with Gasteiger partial charge < -0.3 is 10.5 Å². The number of halogens is 2. The van der Waals surface area contributed by atoms with Crippen molar-refractivity contribution >= 4 is 29.0 Å². The first-order valence-electron chi connectivity index (χ1n) is 4.50. The van der Waals surface area contributed by atoms with Crippen molar-refractivity contribution in [2.24, 2.45) is 10.7 Å². The first-order chi connectivity index (χ1) is 7.13. The van der Waals surface area contributed by atoms with Crippen molar-refractivity contribution in [3.8, 4) is 5.75 Å². The van der Waals surface area contributed by atoms with E-state index in [-0.39, 0.29) is 6.61 Å². The van der Waals surface area contributed by atoms with Crippen LogP contribution in [0.15, 0.2) is 23.2 Å². The van der Waals surface area contributed by atoms with Crippen LogP contribution < -0.4 is 10.5 Å². The van der Waals surface area contributed by atoms with E-state index < -0.39 is 0 Å². The Morgan fingerprint density at radius 3 is 2.87 bits per heavy atom. The third-order valence-corrected chi connectivity index (χ3v) is 2.18. The van der Waals surface area contributed by atoms with E-state index in [9.17, 15) is 0 Å². The van der Waals surface area contributed by atoms with Gasteiger partial charge in [0.2, 0.25) is 0 Å². The van der Waals surface area contributed by atoms with Gasteiger partial charge >= 0.3 is 0 Å². The Labute approximate surface area is 98.8 Å². The molecule has 0 bridgehead atoms. The summed E-state index contributed by atoms with van der Waals surface area (Å²) in [6.07, 6.45) is 0. The fraction of sp³-hybridized carbons (Fsp3) is 0.300. The monoisotopic (exact) mass is 246 g/mol. The molecule has 1 rings (SSSR count). The summed E-state index contributed by atoms with van der Waals surface area (Å²) >= 11 is 11.7. The molecule has 0 aliphatic heterocycles. The maximum atomic E-state index is 5.89. The second kappa shape index (κ2) is 5.83. The summed E-state index contributed by atoms with van der Waals surface area (Å²) in [5.74, 6) is 0.951. The molecule has 5 heteroatoms. The van der Waals surface area contributed by atoms with E-state index in [0.29, 0.717) is 28.2 Å². The second-order valence-corrected chi connectivity index (χ2v) is 3.67. The van der Waals surface area contributed by atoms with Crippen LogP contribution in [0.25, 0.3) is 0 Å². The molecule has 3 nitrogen and oxygen atoms in total. The number of hydrogen-bond acceptors (Lipinski definition) is 2. The van der Waals surface area contributed by atoms with Crippen LogP contribution in [0.1, 0.15) is 6.92 Å². The third-order valence-electron chi connectivity index (χ3n) is 1.63. The maximum absolute atomic E-state index is 5.89. The molecule has 0 saturated heterocycles. The van der Waals surface area contributed by atoms with Gasteiger partial charge in [-0.2, -0.15) is 0 Å². The summed E-state index contributed by atoms with van der Waals surface area (Å²) in [7, 11) is 0. The van der Waals surface area contributed by atoms with Gasteiger partial charge in [-0.15, -0.1) is 0 Å². The van der Waals surface area contributed by atoms with Crippen molar-refractivity contribution in [3.63, 3.8) is 0 Å². The molecule has 0 aliphatic carbocycles. The largest absolute Gasteiger partial charge is 0.484 e. The first kappa shape index (κ1) is 12.1. The lowest BCUT2D eigenvalue weighted by Crippen LogP contribution is -2.21. The van der Waals surface area contributed by atoms with Crippen molar-refractivity contribution in [2.75, 3.05) is 13.2 Å². The van der Waals surface area contributed by atoms with Crippen LogP contribution in [0.2, 0.25) is 10.0 Å². The molecule has 82 valence electrons. The Morgan fingerprint density at radius 2 is 2.20 bits per heavy atom. The summed E-state index contributed by atoms with van der Waals surface area (Å²) in [6, 6.07) is 5.01. The normalized spacial score (nSPS) is 11.5. The number of hydrogen-bond donors (Lipinski definition) is 1. The van der Waals surface area contributed by atoms with E-state index in [0.717, 1.165) is 0 Å². The molecule has 0 saturated carbocycles. The summed E-state index contributed by atoms with van der Waals surface area (Å²) < 4.78 is 5.36. The number of rotatable bonds is 4. The van der Waals surface area contributed by atoms with Gasteiger partial charge in [-0.05, 0) is 19.1 Å². The van der Waals surface area contributed by atoms with E-state index in [2.05, 4.69) is 4.99 Å². The molecule has 2 N–H and O–H groups in total. The SMILES string of the molecule is CCN=C(N)COc1cc(Cl)ccc1Cl. The highest BCUT2D eigenvalue weighted by Gasteiger charge is 2.03. The van der Waals surface area contributed by atoms with Crippen LogP contribution in [0, 0.1) is 0 Å². The molecule has 0 aromatic heterocycles. The number of nitrogens with two attached hydrogens (primary N) is 1. The zero-order chi connectivity index (χ0) is 11.3. The van der Waals surface area contributed by atoms with E-state index in [4.69, 9.17) is 33.7 Å². The minimum Gasteiger partial charge on any atom is -0.484 e. The second-order valence-electron chi connectivity index (χ2n) is 2.83. The highest BCUT2D eigenvalue weighted by atomic mass is 35.5. The molecular weight excluding hydrogens is 235 g/mol. The summed E-state index contributed by atoms with van der Waals surface area (Å²) in [5.41, 5.74) is 5.57. The fourth-order valence-corrected chi connectivity index (χ4v) is 1.32. The maximum Gasteiger partial charge on any atom is 0.145 e. The van der Waals surface area contributed by atoms with Gasteiger partial charge in [-0.25, -0.2) is 0 Å². The standard InChI is InChI=1S/C10H12Cl2N2O/c1-2-14-10(13)6-15-9-5-7(11)3-4-8(9)12/h3-5H,2,6H2,1H3,(H2,13,14). The van der Waals surface area contributed by atoms with Crippen molar-refractivity contribution < 1.29 is 4.74 Å². The smallest absolute Gasteiger partial charge is 0.145 e. The Bertz CT molecular complexity index is 366. The van der Waals surface area contributed by atoms with Crippen LogP contribution in [0.3, 0.4) is 0 Å². The molecule has 1 aromatic rings. The van der Waals surface area contributed by atoms with Crippen LogP contribution >= 0.6 is 23.2 Å². The lowest BCUT2D eigenvalue weighted by atomic mass is 10.3. The molecule has 15 heavy (non-hydrogen) atoms. The molecular formula is C10H12Cl2N2O. The van der Waals surface area contributed by atoms with Crippen LogP contribution in [0.5, 0.6) is 5.75 Å². The average molecular weight is 247 g/mol. The minimum absolute atomic E-state index is 0.216. The number of amidine groups is 1. The molecule has 0 atom stereocenters. The third kappa shape index (κ3) is 3.98. The number of benzene rings is 1. The average Bonchev–Trinajstić information content (AvgIpc) is 2.20. The fourth-order valence-electron chi connectivity index (χ4n) is 0.988. The van der Waals surface area contributed by atoms with Gasteiger partial charge in [0.05, 0.1) is 5.02 Å². The summed E-state index contributed by atoms with van der Waals surface area (Å²) in [6.45, 7) is 2.76. The highest BCUT2D eigenvalue weighted by molar-refractivity contribution is 6.34. The van der Waals surface area contributed by atoms with Crippen molar-refractivity contribution in [1.29, 1.82) is 0 Å². The zero-order valence-electron chi connectivity index (χ0n) is 8.34. The molecule has 0 radical (unpaired) electrons. The first-order valence-corrected chi connectivity index (χ1v) is 5.25. The van der Waals surface area contributed by atoms with Gasteiger partial charge in [-0.1, -0.05) is 23.2 Å². The lowest BCUT2D eigenvalue weighted by molar-refractivity contribution is 0.375. The van der Waals surface area contributed by atoms with Crippen LogP contribution in [-0.4, -0.2) is 19.0 Å². The van der Waals surface area contributed by atoms with Crippen LogP contribution in [-0.2, 0) is 0 Å². The minimum atomic E-state index is 0.216. The predicted molar refractivity (Wildman–Crippen MR) is 64.1 cm³/mol. The summed E-state index contributed by atoms with van der Waals surface area (Å²) in [5, 5.41) is 1.07. The van der Waals surface area contributed by atoms with Gasteiger partial charge in [0.25, 0.3) is 0 Å². The van der Waals surface area contributed by atoms with E-state index in [1.54, 1.807) is 18.2 Å². The molecule has 0 amide bonds. The Kier molecular flexibility index (Phi) is 4.72. The number of nitrogens with zero attached hydrogens (tertiary/aromatic N) is 1. The molecule has 0 unspecified atom stereocenters. The van der Waals surface area contributed by atoms with Crippen LogP contribution in [0.4, 0.5) is 0 Å². The van der Waals surface area contributed by atoms with Gasteiger partial charge in [0.15, 0.2) is 0 Å². The van der Waals surface area contributed by atoms with Crippen molar-refractivity contribution in [3.05, 3.63) is 28.2 Å². The van der Waals surface area contributed by atoms with Crippen molar-refractivity contribution in [1.82, 2.24) is 0 Å². The Balaban J connectivity index is 2.65. The zero-order valence-corrected chi connectivity index (χ0v) is 9.85. The van der Waals surface area contributed by atoms with Gasteiger partial charge in [0, 0.05) is 17.6 Å². The topological polar surface area (TPSA) is 47.6 Å². The van der Waals surface area contributed by atoms with E-state index >= 15 is 0 Å². The quantitative estimate of drug-likeness (QED) is 0.656. The van der Waals surface area contributed by atoms with E-state index in [1.165, 1.54) is 0 Å². The van der Waals surface area contributed by atoms with Crippen molar-refractivity contribution in [2.45, 2.75) is 6.92 Å². The van der Waals surface area contributed by atoms with Gasteiger partial charge in [0.1, 0.15) is 18.2 Å². The Hall–Kier alpha value is -0.930. The molecule has 1 aromatic carbocycles. The lowest BCUT2D eigenvalue weighted by Gasteiger charge is -2.07. The predicted octanol–water partition coefficient (Wildman–Crippen LogP) is 2.75. The van der Waals surface area contributed by atoms with E-state index in [1.807, 2.05) is 6.92 Å². The number of aliphatic imine (C=N–C) groups is 1. The summed E-state index contributed by atoms with van der Waals surface area (Å²) in [4.78, 5) is 3.99. The Morgan fingerprint density at radius 1 is 1.47 bits per heavy atom. The van der Waals surface area contributed by atoms with Gasteiger partial charge in [-0.3, -0.25) is 4.99 Å². The number of ether oxygens (including phenoxy) is 1. The molecule has 0 aliphatic rings. The molecule has 0 heterocycles.